The Morgan fingerprint density at radius 1 is 1.00 bits per heavy atom. The molecule has 0 unspecified atom stereocenters. The Balaban J connectivity index is 0.00000192. The Labute approximate surface area is 143 Å². The Kier molecular flexibility index (Phi) is 5.76. The molecule has 0 spiro atoms. The van der Waals surface area contributed by atoms with Crippen molar-refractivity contribution >= 4 is 12.4 Å². The molecule has 0 atom stereocenters. The van der Waals surface area contributed by atoms with Crippen molar-refractivity contribution in [2.75, 3.05) is 13.1 Å². The maximum absolute atomic E-state index is 13.1. The molecule has 2 aromatic carbocycles. The van der Waals surface area contributed by atoms with Crippen LogP contribution in [0.5, 0.6) is 0 Å². The van der Waals surface area contributed by atoms with Crippen LogP contribution >= 0.6 is 12.4 Å². The SMILES string of the molecule is Cl.N#CC1(c2ccc(F)cc2)CCN(Cc2ccccc2)CC1. The molecule has 1 fully saturated rings. The van der Waals surface area contributed by atoms with E-state index < -0.39 is 5.41 Å². The van der Waals surface area contributed by atoms with Gasteiger partial charge in [-0.25, -0.2) is 4.39 Å². The summed E-state index contributed by atoms with van der Waals surface area (Å²) in [5, 5.41) is 9.68. The van der Waals surface area contributed by atoms with Gasteiger partial charge in [0.2, 0.25) is 0 Å². The molecule has 120 valence electrons. The van der Waals surface area contributed by atoms with E-state index in [9.17, 15) is 9.65 Å². The summed E-state index contributed by atoms with van der Waals surface area (Å²) in [5.41, 5.74) is 1.77. The molecule has 2 nitrogen and oxygen atoms in total. The third-order valence-corrected chi connectivity index (χ3v) is 4.57. The fourth-order valence-electron chi connectivity index (χ4n) is 3.17. The lowest BCUT2D eigenvalue weighted by Crippen LogP contribution is -2.41. The largest absolute Gasteiger partial charge is 0.299 e. The minimum absolute atomic E-state index is 0. The molecule has 23 heavy (non-hydrogen) atoms. The van der Waals surface area contributed by atoms with Gasteiger partial charge in [0.1, 0.15) is 5.82 Å². The van der Waals surface area contributed by atoms with E-state index in [-0.39, 0.29) is 18.2 Å². The monoisotopic (exact) mass is 330 g/mol. The highest BCUT2D eigenvalue weighted by Gasteiger charge is 2.36. The second-order valence-electron chi connectivity index (χ2n) is 5.96. The van der Waals surface area contributed by atoms with Crippen molar-refractivity contribution in [1.29, 1.82) is 5.26 Å². The molecule has 2 aromatic rings. The molecule has 0 saturated carbocycles. The number of benzene rings is 2. The zero-order valence-electron chi connectivity index (χ0n) is 12.9. The van der Waals surface area contributed by atoms with E-state index >= 15 is 0 Å². The summed E-state index contributed by atoms with van der Waals surface area (Å²) in [4.78, 5) is 2.38. The van der Waals surface area contributed by atoms with Gasteiger partial charge >= 0.3 is 0 Å². The smallest absolute Gasteiger partial charge is 0.123 e. The lowest BCUT2D eigenvalue weighted by Gasteiger charge is -2.37. The number of halogens is 2. The van der Waals surface area contributed by atoms with Gasteiger partial charge in [-0.1, -0.05) is 42.5 Å². The Morgan fingerprint density at radius 3 is 2.17 bits per heavy atom. The zero-order chi connectivity index (χ0) is 15.4. The van der Waals surface area contributed by atoms with Crippen molar-refractivity contribution in [3.05, 3.63) is 71.5 Å². The van der Waals surface area contributed by atoms with Crippen molar-refractivity contribution < 1.29 is 4.39 Å². The Bertz CT molecular complexity index is 656. The van der Waals surface area contributed by atoms with Crippen molar-refractivity contribution in [2.24, 2.45) is 0 Å². The third-order valence-electron chi connectivity index (χ3n) is 4.57. The van der Waals surface area contributed by atoms with Gasteiger partial charge in [0.05, 0.1) is 11.5 Å². The van der Waals surface area contributed by atoms with Gasteiger partial charge in [-0.15, -0.1) is 12.4 Å². The molecule has 1 heterocycles. The molecule has 1 aliphatic heterocycles. The van der Waals surface area contributed by atoms with Crippen LogP contribution in [0.25, 0.3) is 0 Å². The number of nitriles is 1. The third kappa shape index (κ3) is 3.90. The zero-order valence-corrected chi connectivity index (χ0v) is 13.7. The minimum atomic E-state index is -0.471. The van der Waals surface area contributed by atoms with Crippen molar-refractivity contribution in [1.82, 2.24) is 4.90 Å². The predicted octanol–water partition coefficient (Wildman–Crippen LogP) is 4.30. The van der Waals surface area contributed by atoms with Crippen LogP contribution in [-0.4, -0.2) is 18.0 Å². The van der Waals surface area contributed by atoms with E-state index in [1.807, 2.05) is 6.07 Å². The fourth-order valence-corrected chi connectivity index (χ4v) is 3.17. The van der Waals surface area contributed by atoms with E-state index in [4.69, 9.17) is 0 Å². The van der Waals surface area contributed by atoms with Crippen LogP contribution in [0.15, 0.2) is 54.6 Å². The van der Waals surface area contributed by atoms with Crippen LogP contribution in [0.3, 0.4) is 0 Å². The summed E-state index contributed by atoms with van der Waals surface area (Å²) in [6.45, 7) is 2.70. The molecule has 0 N–H and O–H groups in total. The molecule has 0 bridgehead atoms. The van der Waals surface area contributed by atoms with Crippen LogP contribution in [0, 0.1) is 17.1 Å². The number of nitrogens with zero attached hydrogens (tertiary/aromatic N) is 2. The summed E-state index contributed by atoms with van der Waals surface area (Å²) < 4.78 is 13.1. The fraction of sp³-hybridized carbons (Fsp3) is 0.316. The van der Waals surface area contributed by atoms with E-state index in [0.29, 0.717) is 0 Å². The summed E-state index contributed by atoms with van der Waals surface area (Å²) in [6.07, 6.45) is 1.59. The molecular weight excluding hydrogens is 311 g/mol. The predicted molar refractivity (Wildman–Crippen MR) is 91.9 cm³/mol. The highest BCUT2D eigenvalue weighted by atomic mass is 35.5. The lowest BCUT2D eigenvalue weighted by atomic mass is 9.74. The maximum Gasteiger partial charge on any atom is 0.123 e. The van der Waals surface area contributed by atoms with E-state index in [2.05, 4.69) is 35.2 Å². The molecule has 4 heteroatoms. The second-order valence-corrected chi connectivity index (χ2v) is 5.96. The summed E-state index contributed by atoms with van der Waals surface area (Å²) in [7, 11) is 0. The van der Waals surface area contributed by atoms with Crippen LogP contribution in [-0.2, 0) is 12.0 Å². The minimum Gasteiger partial charge on any atom is -0.299 e. The molecule has 0 aliphatic carbocycles. The first-order valence-corrected chi connectivity index (χ1v) is 7.65. The molecular formula is C19H20ClFN2. The summed E-state index contributed by atoms with van der Waals surface area (Å²) in [6, 6.07) is 19.3. The molecule has 0 amide bonds. The topological polar surface area (TPSA) is 27.0 Å². The van der Waals surface area contributed by atoms with Gasteiger partial charge in [-0.05, 0) is 36.1 Å². The van der Waals surface area contributed by atoms with E-state index in [1.165, 1.54) is 17.7 Å². The second kappa shape index (κ2) is 7.59. The number of rotatable bonds is 3. The lowest BCUT2D eigenvalue weighted by molar-refractivity contribution is 0.179. The van der Waals surface area contributed by atoms with Crippen molar-refractivity contribution in [3.63, 3.8) is 0 Å². The van der Waals surface area contributed by atoms with Gasteiger partial charge < -0.3 is 0 Å². The summed E-state index contributed by atoms with van der Waals surface area (Å²) >= 11 is 0. The summed E-state index contributed by atoms with van der Waals surface area (Å²) in [5.74, 6) is -0.252. The van der Waals surface area contributed by atoms with Gasteiger partial charge in [0, 0.05) is 19.6 Å². The normalized spacial score (nSPS) is 17.0. The average Bonchev–Trinajstić information content (AvgIpc) is 2.57. The Hall–Kier alpha value is -1.89. The molecule has 3 rings (SSSR count). The first kappa shape index (κ1) is 17.5. The van der Waals surface area contributed by atoms with Crippen molar-refractivity contribution in [3.8, 4) is 6.07 Å². The average molecular weight is 331 g/mol. The molecule has 0 aromatic heterocycles. The molecule has 0 radical (unpaired) electrons. The maximum atomic E-state index is 13.1. The Morgan fingerprint density at radius 2 is 1.61 bits per heavy atom. The van der Waals surface area contributed by atoms with Gasteiger partial charge in [0.25, 0.3) is 0 Å². The van der Waals surface area contributed by atoms with Crippen LogP contribution in [0.4, 0.5) is 4.39 Å². The standard InChI is InChI=1S/C19H19FN2.ClH/c20-18-8-6-17(7-9-18)19(15-21)10-12-22(13-11-19)14-16-4-2-1-3-5-16;/h1-9H,10-14H2;1H. The van der Waals surface area contributed by atoms with Crippen molar-refractivity contribution in [2.45, 2.75) is 24.8 Å². The number of likely N-dealkylation sites (tertiary alicyclic amines) is 1. The van der Waals surface area contributed by atoms with Crippen LogP contribution in [0.1, 0.15) is 24.0 Å². The van der Waals surface area contributed by atoms with Gasteiger partial charge in [-0.3, -0.25) is 4.90 Å². The first-order valence-electron chi connectivity index (χ1n) is 7.65. The van der Waals surface area contributed by atoms with Gasteiger partial charge in [0.15, 0.2) is 0 Å². The number of hydrogen-bond donors (Lipinski definition) is 0. The van der Waals surface area contributed by atoms with Crippen LogP contribution in [0.2, 0.25) is 0 Å². The molecule has 1 aliphatic rings. The van der Waals surface area contributed by atoms with E-state index in [1.54, 1.807) is 12.1 Å². The highest BCUT2D eigenvalue weighted by Crippen LogP contribution is 2.35. The van der Waals surface area contributed by atoms with Gasteiger partial charge in [-0.2, -0.15) is 5.26 Å². The van der Waals surface area contributed by atoms with Crippen LogP contribution < -0.4 is 0 Å². The quantitative estimate of drug-likeness (QED) is 0.838. The number of hydrogen-bond acceptors (Lipinski definition) is 2. The van der Waals surface area contributed by atoms with E-state index in [0.717, 1.165) is 38.0 Å². The molecule has 1 saturated heterocycles. The number of piperidine rings is 1. The highest BCUT2D eigenvalue weighted by molar-refractivity contribution is 5.85. The first-order chi connectivity index (χ1) is 10.7.